The van der Waals surface area contributed by atoms with Crippen molar-refractivity contribution in [2.45, 2.75) is 11.8 Å². The van der Waals surface area contributed by atoms with Crippen LogP contribution in [0.3, 0.4) is 0 Å². The molecule has 2 aromatic carbocycles. The molecule has 0 unspecified atom stereocenters. The third kappa shape index (κ3) is 4.49. The highest BCUT2D eigenvalue weighted by Gasteiger charge is 2.18. The summed E-state index contributed by atoms with van der Waals surface area (Å²) < 4.78 is 29.9. The molecule has 0 fully saturated rings. The number of primary sulfonamides is 1. The number of nitriles is 1. The number of ether oxygens (including phenoxy) is 1. The van der Waals surface area contributed by atoms with E-state index in [0.717, 1.165) is 5.56 Å². The van der Waals surface area contributed by atoms with Crippen molar-refractivity contribution in [2.24, 2.45) is 10.1 Å². The molecule has 9 heteroatoms. The molecule has 0 saturated carbocycles. The lowest BCUT2D eigenvalue weighted by molar-refractivity contribution is 0.344. The van der Waals surface area contributed by atoms with E-state index >= 15 is 0 Å². The maximum atomic E-state index is 11.5. The normalized spacial score (nSPS) is 11.5. The fourth-order valence-electron chi connectivity index (χ4n) is 2.74. The zero-order valence-corrected chi connectivity index (χ0v) is 17.0. The maximum Gasteiger partial charge on any atom is 0.238 e. The Bertz CT molecular complexity index is 1190. The Morgan fingerprint density at radius 1 is 1.21 bits per heavy atom. The van der Waals surface area contributed by atoms with Crippen LogP contribution in [0.5, 0.6) is 0 Å². The van der Waals surface area contributed by atoms with E-state index < -0.39 is 10.0 Å². The van der Waals surface area contributed by atoms with Crippen LogP contribution in [-0.4, -0.2) is 26.0 Å². The second kappa shape index (κ2) is 8.49. The van der Waals surface area contributed by atoms with Crippen molar-refractivity contribution in [3.8, 4) is 22.9 Å². The Labute approximate surface area is 173 Å². The zero-order valence-electron chi connectivity index (χ0n) is 15.4. The first-order valence-corrected chi connectivity index (χ1v) is 10.5. The SMILES string of the molecule is CCOC=Nc1c(C#N)c(-c2ccc(Cl)cc2)cn1-c1ccc(S(N)(=O)=O)cc1. The Morgan fingerprint density at radius 3 is 2.41 bits per heavy atom. The summed E-state index contributed by atoms with van der Waals surface area (Å²) >= 11 is 5.97. The number of nitrogens with zero attached hydrogens (tertiary/aromatic N) is 3. The van der Waals surface area contributed by atoms with E-state index in [-0.39, 0.29) is 4.90 Å². The van der Waals surface area contributed by atoms with E-state index in [1.165, 1.54) is 18.5 Å². The topological polar surface area (TPSA) is 110 Å². The van der Waals surface area contributed by atoms with E-state index in [9.17, 15) is 13.7 Å². The van der Waals surface area contributed by atoms with E-state index in [1.54, 1.807) is 35.0 Å². The molecule has 148 valence electrons. The van der Waals surface area contributed by atoms with E-state index in [4.69, 9.17) is 21.5 Å². The molecule has 0 aliphatic carbocycles. The van der Waals surface area contributed by atoms with Gasteiger partial charge < -0.3 is 4.74 Å². The summed E-state index contributed by atoms with van der Waals surface area (Å²) in [6, 6.07) is 15.3. The molecule has 1 heterocycles. The van der Waals surface area contributed by atoms with Gasteiger partial charge in [0.2, 0.25) is 10.0 Å². The van der Waals surface area contributed by atoms with Crippen LogP contribution in [0.25, 0.3) is 16.8 Å². The molecule has 3 rings (SSSR count). The molecule has 2 N–H and O–H groups in total. The van der Waals surface area contributed by atoms with Crippen molar-refractivity contribution in [1.29, 1.82) is 5.26 Å². The van der Waals surface area contributed by atoms with Gasteiger partial charge in [0.1, 0.15) is 11.6 Å². The Hall–Kier alpha value is -3.12. The maximum absolute atomic E-state index is 11.5. The number of aromatic nitrogens is 1. The molecule has 1 aromatic heterocycles. The monoisotopic (exact) mass is 428 g/mol. The third-order valence-corrected chi connectivity index (χ3v) is 5.29. The number of benzene rings is 2. The van der Waals surface area contributed by atoms with Crippen molar-refractivity contribution < 1.29 is 13.2 Å². The van der Waals surface area contributed by atoms with E-state index in [1.807, 2.05) is 19.1 Å². The second-order valence-electron chi connectivity index (χ2n) is 5.96. The molecule has 0 bridgehead atoms. The van der Waals surface area contributed by atoms with Crippen LogP contribution in [-0.2, 0) is 14.8 Å². The third-order valence-electron chi connectivity index (χ3n) is 4.11. The molecule has 0 aliphatic rings. The Morgan fingerprint density at radius 2 is 1.86 bits per heavy atom. The van der Waals surface area contributed by atoms with Gasteiger partial charge in [-0.3, -0.25) is 4.57 Å². The average Bonchev–Trinajstić information content (AvgIpc) is 3.06. The van der Waals surface area contributed by atoms with E-state index in [2.05, 4.69) is 11.1 Å². The summed E-state index contributed by atoms with van der Waals surface area (Å²) in [5.41, 5.74) is 2.40. The predicted molar refractivity (Wildman–Crippen MR) is 112 cm³/mol. The summed E-state index contributed by atoms with van der Waals surface area (Å²) in [5.74, 6) is 0.356. The molecule has 29 heavy (non-hydrogen) atoms. The summed E-state index contributed by atoms with van der Waals surface area (Å²) in [6.07, 6.45) is 3.03. The summed E-state index contributed by atoms with van der Waals surface area (Å²) in [7, 11) is -3.81. The first-order valence-electron chi connectivity index (χ1n) is 8.54. The van der Waals surface area contributed by atoms with Crippen LogP contribution >= 0.6 is 11.6 Å². The average molecular weight is 429 g/mol. The number of hydrogen-bond donors (Lipinski definition) is 1. The zero-order chi connectivity index (χ0) is 21.0. The quantitative estimate of drug-likeness (QED) is 0.472. The number of rotatable bonds is 6. The fourth-order valence-corrected chi connectivity index (χ4v) is 3.38. The predicted octanol–water partition coefficient (Wildman–Crippen LogP) is 4.01. The summed E-state index contributed by atoms with van der Waals surface area (Å²) in [5, 5.41) is 15.5. The highest BCUT2D eigenvalue weighted by atomic mass is 35.5. The smallest absolute Gasteiger partial charge is 0.238 e. The minimum absolute atomic E-state index is 0.00814. The molecule has 3 aromatic rings. The van der Waals surface area contributed by atoms with Crippen molar-refractivity contribution in [3.63, 3.8) is 0 Å². The van der Waals surface area contributed by atoms with Gasteiger partial charge in [-0.1, -0.05) is 23.7 Å². The lowest BCUT2D eigenvalue weighted by Crippen LogP contribution is -2.11. The Balaban J connectivity index is 2.19. The summed E-state index contributed by atoms with van der Waals surface area (Å²) in [6.45, 7) is 2.25. The van der Waals surface area contributed by atoms with Crippen LogP contribution in [0.4, 0.5) is 5.82 Å². The number of aliphatic imine (C=N–C) groups is 1. The fraction of sp³-hybridized carbons (Fsp3) is 0.100. The van der Waals surface area contributed by atoms with Gasteiger partial charge in [0, 0.05) is 22.5 Å². The van der Waals surface area contributed by atoms with Crippen molar-refractivity contribution >= 4 is 33.8 Å². The number of nitrogens with two attached hydrogens (primary N) is 1. The van der Waals surface area contributed by atoms with Gasteiger partial charge in [-0.15, -0.1) is 0 Å². The first kappa shape index (κ1) is 20.6. The lowest BCUT2D eigenvalue weighted by atomic mass is 10.1. The van der Waals surface area contributed by atoms with Gasteiger partial charge in [0.05, 0.1) is 11.5 Å². The van der Waals surface area contributed by atoms with E-state index in [0.29, 0.717) is 34.3 Å². The largest absolute Gasteiger partial charge is 0.483 e. The van der Waals surface area contributed by atoms with Gasteiger partial charge in [-0.25, -0.2) is 18.5 Å². The second-order valence-corrected chi connectivity index (χ2v) is 7.96. The molecular weight excluding hydrogens is 412 g/mol. The number of sulfonamides is 1. The van der Waals surface area contributed by atoms with Gasteiger partial charge >= 0.3 is 0 Å². The van der Waals surface area contributed by atoms with Crippen molar-refractivity contribution in [2.75, 3.05) is 6.61 Å². The molecule has 0 atom stereocenters. The van der Waals surface area contributed by atoms with Crippen LogP contribution in [0.15, 0.2) is 64.6 Å². The molecule has 7 nitrogen and oxygen atoms in total. The van der Waals surface area contributed by atoms with Crippen molar-refractivity contribution in [1.82, 2.24) is 4.57 Å². The molecule has 0 amide bonds. The first-order chi connectivity index (χ1) is 13.8. The van der Waals surface area contributed by atoms with Crippen LogP contribution in [0.1, 0.15) is 12.5 Å². The number of halogens is 1. The van der Waals surface area contributed by atoms with Gasteiger partial charge in [-0.2, -0.15) is 5.26 Å². The lowest BCUT2D eigenvalue weighted by Gasteiger charge is -2.07. The highest BCUT2D eigenvalue weighted by molar-refractivity contribution is 7.89. The van der Waals surface area contributed by atoms with Crippen LogP contribution < -0.4 is 5.14 Å². The molecule has 0 radical (unpaired) electrons. The molecular formula is C20H17ClN4O3S. The van der Waals surface area contributed by atoms with Gasteiger partial charge in [0.25, 0.3) is 0 Å². The van der Waals surface area contributed by atoms with Crippen molar-refractivity contribution in [3.05, 3.63) is 65.3 Å². The van der Waals surface area contributed by atoms with Gasteiger partial charge in [-0.05, 0) is 48.9 Å². The standard InChI is InChI=1S/C20H17ClN4O3S/c1-2-28-13-24-20-18(11-22)19(14-3-5-15(21)6-4-14)12-25(20)16-7-9-17(10-8-16)29(23,26)27/h3-10,12-13H,2H2,1H3,(H2,23,26,27). The summed E-state index contributed by atoms with van der Waals surface area (Å²) in [4.78, 5) is 4.29. The minimum Gasteiger partial charge on any atom is -0.483 e. The highest BCUT2D eigenvalue weighted by Crippen LogP contribution is 2.35. The van der Waals surface area contributed by atoms with Gasteiger partial charge in [0.15, 0.2) is 12.2 Å². The molecule has 0 spiro atoms. The molecule has 0 saturated heterocycles. The Kier molecular flexibility index (Phi) is 6.03. The minimum atomic E-state index is -3.81. The number of hydrogen-bond acceptors (Lipinski definition) is 5. The van der Waals surface area contributed by atoms with Crippen LogP contribution in [0, 0.1) is 11.3 Å². The van der Waals surface area contributed by atoms with Crippen LogP contribution in [0.2, 0.25) is 5.02 Å². The molecule has 0 aliphatic heterocycles.